The van der Waals surface area contributed by atoms with Crippen LogP contribution in [0.5, 0.6) is 0 Å². The lowest BCUT2D eigenvalue weighted by Gasteiger charge is -2.05. The van der Waals surface area contributed by atoms with Gasteiger partial charge in [-0.05, 0) is 43.7 Å². The predicted octanol–water partition coefficient (Wildman–Crippen LogP) is 3.32. The van der Waals surface area contributed by atoms with E-state index < -0.39 is 5.82 Å². The number of ketones is 1. The minimum Gasteiger partial charge on any atom is -0.399 e. The molecule has 0 fully saturated rings. The minimum atomic E-state index is -0.491. The molecule has 0 aliphatic carbocycles. The lowest BCUT2D eigenvalue weighted by molar-refractivity contribution is 0.103. The Morgan fingerprint density at radius 3 is 2.59 bits per heavy atom. The van der Waals surface area contributed by atoms with Gasteiger partial charge in [0.15, 0.2) is 0 Å². The molecule has 0 aliphatic heterocycles. The van der Waals surface area contributed by atoms with Crippen molar-refractivity contribution in [3.05, 3.63) is 51.0 Å². The van der Waals surface area contributed by atoms with Gasteiger partial charge in [-0.25, -0.2) is 4.39 Å². The lowest BCUT2D eigenvalue weighted by Crippen LogP contribution is -2.05. The first-order valence-corrected chi connectivity index (χ1v) is 5.97. The smallest absolute Gasteiger partial charge is 0.205 e. The molecule has 1 aromatic carbocycles. The first-order valence-electron chi connectivity index (χ1n) is 5.16. The molecule has 88 valence electrons. The van der Waals surface area contributed by atoms with Crippen LogP contribution in [0.3, 0.4) is 0 Å². The SMILES string of the molecule is Cc1ccc(C(=O)c2cc(N)cc(C)c2F)s1. The number of hydrogen-bond acceptors (Lipinski definition) is 3. The number of benzene rings is 1. The van der Waals surface area contributed by atoms with Gasteiger partial charge in [-0.1, -0.05) is 0 Å². The number of thiophene rings is 1. The van der Waals surface area contributed by atoms with Crippen LogP contribution < -0.4 is 5.73 Å². The van der Waals surface area contributed by atoms with Crippen LogP contribution in [0.1, 0.15) is 25.7 Å². The van der Waals surface area contributed by atoms with Crippen molar-refractivity contribution >= 4 is 22.8 Å². The van der Waals surface area contributed by atoms with Gasteiger partial charge in [0, 0.05) is 10.6 Å². The van der Waals surface area contributed by atoms with Gasteiger partial charge in [0.2, 0.25) is 5.78 Å². The largest absolute Gasteiger partial charge is 0.399 e. The maximum atomic E-state index is 13.9. The van der Waals surface area contributed by atoms with Crippen LogP contribution in [0.25, 0.3) is 0 Å². The van der Waals surface area contributed by atoms with Gasteiger partial charge in [-0.3, -0.25) is 4.79 Å². The highest BCUT2D eigenvalue weighted by Gasteiger charge is 2.17. The summed E-state index contributed by atoms with van der Waals surface area (Å²) in [6, 6.07) is 6.46. The van der Waals surface area contributed by atoms with Crippen molar-refractivity contribution in [3.63, 3.8) is 0 Å². The minimum absolute atomic E-state index is 0.0457. The number of nitrogens with two attached hydrogens (primary N) is 1. The molecule has 17 heavy (non-hydrogen) atoms. The van der Waals surface area contributed by atoms with Gasteiger partial charge in [-0.2, -0.15) is 0 Å². The molecule has 0 saturated heterocycles. The number of rotatable bonds is 2. The van der Waals surface area contributed by atoms with Crippen molar-refractivity contribution in [2.45, 2.75) is 13.8 Å². The van der Waals surface area contributed by atoms with E-state index in [4.69, 9.17) is 5.73 Å². The number of halogens is 1. The average molecular weight is 249 g/mol. The van der Waals surface area contributed by atoms with Crippen molar-refractivity contribution in [2.24, 2.45) is 0 Å². The third kappa shape index (κ3) is 2.22. The molecule has 2 rings (SSSR count). The van der Waals surface area contributed by atoms with Crippen LogP contribution in [0.4, 0.5) is 10.1 Å². The molecule has 0 unspecified atom stereocenters. The summed E-state index contributed by atoms with van der Waals surface area (Å²) in [5.74, 6) is -0.800. The van der Waals surface area contributed by atoms with E-state index in [-0.39, 0.29) is 11.3 Å². The van der Waals surface area contributed by atoms with E-state index in [0.717, 1.165) is 4.88 Å². The molecule has 0 atom stereocenters. The van der Waals surface area contributed by atoms with Gasteiger partial charge in [0.05, 0.1) is 10.4 Å². The highest BCUT2D eigenvalue weighted by Crippen LogP contribution is 2.23. The zero-order valence-electron chi connectivity index (χ0n) is 9.58. The summed E-state index contributed by atoms with van der Waals surface area (Å²) in [5, 5.41) is 0. The molecule has 0 radical (unpaired) electrons. The molecule has 0 saturated carbocycles. The fraction of sp³-hybridized carbons (Fsp3) is 0.154. The normalized spacial score (nSPS) is 10.5. The van der Waals surface area contributed by atoms with E-state index in [0.29, 0.717) is 16.1 Å². The van der Waals surface area contributed by atoms with Gasteiger partial charge in [0.1, 0.15) is 5.82 Å². The van der Waals surface area contributed by atoms with E-state index in [1.54, 1.807) is 13.0 Å². The number of anilines is 1. The van der Waals surface area contributed by atoms with E-state index in [1.807, 2.05) is 13.0 Å². The standard InChI is InChI=1S/C13H12FNOS/c1-7-5-9(15)6-10(12(7)14)13(16)11-4-3-8(2)17-11/h3-6H,15H2,1-2H3. The Kier molecular flexibility index (Phi) is 2.98. The highest BCUT2D eigenvalue weighted by molar-refractivity contribution is 7.14. The van der Waals surface area contributed by atoms with E-state index in [1.165, 1.54) is 23.5 Å². The monoisotopic (exact) mass is 249 g/mol. The maximum absolute atomic E-state index is 13.9. The predicted molar refractivity (Wildman–Crippen MR) is 68.0 cm³/mol. The second-order valence-corrected chi connectivity index (χ2v) is 5.23. The summed E-state index contributed by atoms with van der Waals surface area (Å²) < 4.78 is 13.9. The molecular weight excluding hydrogens is 237 g/mol. The molecule has 4 heteroatoms. The highest BCUT2D eigenvalue weighted by atomic mass is 32.1. The number of hydrogen-bond donors (Lipinski definition) is 1. The second-order valence-electron chi connectivity index (χ2n) is 3.94. The van der Waals surface area contributed by atoms with E-state index in [9.17, 15) is 9.18 Å². The Morgan fingerprint density at radius 2 is 2.00 bits per heavy atom. The summed E-state index contributed by atoms with van der Waals surface area (Å²) in [5.41, 5.74) is 6.47. The molecule has 1 aromatic heterocycles. The molecule has 2 aromatic rings. The lowest BCUT2D eigenvalue weighted by atomic mass is 10.0. The topological polar surface area (TPSA) is 43.1 Å². The van der Waals surface area contributed by atoms with Crippen LogP contribution in [0, 0.1) is 19.7 Å². The first kappa shape index (κ1) is 11.8. The van der Waals surface area contributed by atoms with Gasteiger partial charge in [0.25, 0.3) is 0 Å². The number of nitrogen functional groups attached to an aromatic ring is 1. The quantitative estimate of drug-likeness (QED) is 0.655. The third-order valence-corrected chi connectivity index (χ3v) is 3.49. The second kappa shape index (κ2) is 4.30. The first-order chi connectivity index (χ1) is 7.99. The zero-order valence-corrected chi connectivity index (χ0v) is 10.4. The molecule has 0 aliphatic rings. The Morgan fingerprint density at radius 1 is 1.29 bits per heavy atom. The third-order valence-electron chi connectivity index (χ3n) is 2.49. The molecular formula is C13H12FNOS. The zero-order chi connectivity index (χ0) is 12.6. The molecule has 0 bridgehead atoms. The number of carbonyl (C=O) groups is 1. The van der Waals surface area contributed by atoms with Crippen molar-refractivity contribution < 1.29 is 9.18 Å². The molecule has 0 spiro atoms. The van der Waals surface area contributed by atoms with E-state index in [2.05, 4.69) is 0 Å². The van der Waals surface area contributed by atoms with Crippen molar-refractivity contribution in [2.75, 3.05) is 5.73 Å². The van der Waals surface area contributed by atoms with Crippen LogP contribution in [0.2, 0.25) is 0 Å². The summed E-state index contributed by atoms with van der Waals surface area (Å²) in [6.45, 7) is 3.50. The van der Waals surface area contributed by atoms with Crippen LogP contribution in [-0.2, 0) is 0 Å². The Labute approximate surface area is 103 Å². The van der Waals surface area contributed by atoms with Crippen LogP contribution in [-0.4, -0.2) is 5.78 Å². The van der Waals surface area contributed by atoms with Gasteiger partial charge < -0.3 is 5.73 Å². The fourth-order valence-electron chi connectivity index (χ4n) is 1.65. The molecule has 2 N–H and O–H groups in total. The Bertz CT molecular complexity index is 589. The van der Waals surface area contributed by atoms with Crippen molar-refractivity contribution in [3.8, 4) is 0 Å². The summed E-state index contributed by atoms with van der Waals surface area (Å²) >= 11 is 1.35. The summed E-state index contributed by atoms with van der Waals surface area (Å²) in [6.07, 6.45) is 0. The molecule has 2 nitrogen and oxygen atoms in total. The maximum Gasteiger partial charge on any atom is 0.205 e. The van der Waals surface area contributed by atoms with Crippen LogP contribution in [0.15, 0.2) is 24.3 Å². The summed E-state index contributed by atoms with van der Waals surface area (Å²) in [4.78, 5) is 13.7. The summed E-state index contributed by atoms with van der Waals surface area (Å²) in [7, 11) is 0. The van der Waals surface area contributed by atoms with E-state index >= 15 is 0 Å². The number of aryl methyl sites for hydroxylation is 2. The Balaban J connectivity index is 2.51. The van der Waals surface area contributed by atoms with Gasteiger partial charge in [-0.15, -0.1) is 11.3 Å². The number of carbonyl (C=O) groups excluding carboxylic acids is 1. The Hall–Kier alpha value is -1.68. The molecule has 0 amide bonds. The average Bonchev–Trinajstić information content (AvgIpc) is 2.69. The van der Waals surface area contributed by atoms with Crippen LogP contribution >= 0.6 is 11.3 Å². The van der Waals surface area contributed by atoms with Crippen molar-refractivity contribution in [1.82, 2.24) is 0 Å². The molecule has 1 heterocycles. The fourth-order valence-corrected chi connectivity index (χ4v) is 2.47. The van der Waals surface area contributed by atoms with Gasteiger partial charge >= 0.3 is 0 Å². The van der Waals surface area contributed by atoms with Crippen molar-refractivity contribution in [1.29, 1.82) is 0 Å².